The lowest BCUT2D eigenvalue weighted by Crippen LogP contribution is -2.11. The second-order valence-corrected chi connectivity index (χ2v) is 3.70. The van der Waals surface area contributed by atoms with Gasteiger partial charge in [-0.1, -0.05) is 0 Å². The van der Waals surface area contributed by atoms with Gasteiger partial charge in [0.2, 0.25) is 5.75 Å². The third-order valence-corrected chi connectivity index (χ3v) is 2.74. The number of carbonyl (C=O) groups excluding carboxylic acids is 1. The SMILES string of the molecule is COC(=O)C(C)c1cc(OC)c(OC)c(OC)c1. The van der Waals surface area contributed by atoms with E-state index < -0.39 is 5.92 Å². The van der Waals surface area contributed by atoms with Gasteiger partial charge in [0.25, 0.3) is 0 Å². The summed E-state index contributed by atoms with van der Waals surface area (Å²) < 4.78 is 20.4. The number of hydrogen-bond donors (Lipinski definition) is 0. The molecule has 0 heterocycles. The van der Waals surface area contributed by atoms with Crippen molar-refractivity contribution in [3.05, 3.63) is 17.7 Å². The summed E-state index contributed by atoms with van der Waals surface area (Å²) in [6.45, 7) is 1.76. The monoisotopic (exact) mass is 254 g/mol. The molecule has 0 bridgehead atoms. The highest BCUT2D eigenvalue weighted by atomic mass is 16.5. The van der Waals surface area contributed by atoms with Crippen LogP contribution in [0.3, 0.4) is 0 Å². The molecular weight excluding hydrogens is 236 g/mol. The fourth-order valence-electron chi connectivity index (χ4n) is 1.66. The molecule has 5 nitrogen and oxygen atoms in total. The Morgan fingerprint density at radius 3 is 1.83 bits per heavy atom. The summed E-state index contributed by atoms with van der Waals surface area (Å²) in [5.74, 6) is 0.819. The minimum Gasteiger partial charge on any atom is -0.493 e. The van der Waals surface area contributed by atoms with E-state index >= 15 is 0 Å². The maximum Gasteiger partial charge on any atom is 0.312 e. The Balaban J connectivity index is 3.27. The number of carbonyl (C=O) groups is 1. The fraction of sp³-hybridized carbons (Fsp3) is 0.462. The maximum atomic E-state index is 11.5. The molecule has 0 N–H and O–H groups in total. The Bertz CT molecular complexity index is 402. The lowest BCUT2D eigenvalue weighted by Gasteiger charge is -2.16. The van der Waals surface area contributed by atoms with Crippen LogP contribution in [-0.4, -0.2) is 34.4 Å². The summed E-state index contributed by atoms with van der Waals surface area (Å²) in [5.41, 5.74) is 0.747. The molecule has 1 atom stereocenters. The van der Waals surface area contributed by atoms with Crippen molar-refractivity contribution in [2.45, 2.75) is 12.8 Å². The van der Waals surface area contributed by atoms with Gasteiger partial charge in [-0.2, -0.15) is 0 Å². The highest BCUT2D eigenvalue weighted by Crippen LogP contribution is 2.40. The lowest BCUT2D eigenvalue weighted by molar-refractivity contribution is -0.141. The Morgan fingerprint density at radius 2 is 1.50 bits per heavy atom. The van der Waals surface area contributed by atoms with Crippen LogP contribution in [0, 0.1) is 0 Å². The molecule has 100 valence electrons. The van der Waals surface area contributed by atoms with Crippen LogP contribution >= 0.6 is 0 Å². The molecule has 1 unspecified atom stereocenters. The number of benzene rings is 1. The molecule has 0 aromatic heterocycles. The van der Waals surface area contributed by atoms with Gasteiger partial charge in [0.1, 0.15) is 0 Å². The Labute approximate surface area is 107 Å². The van der Waals surface area contributed by atoms with E-state index in [-0.39, 0.29) is 5.97 Å². The topological polar surface area (TPSA) is 54.0 Å². The molecule has 5 heteroatoms. The second kappa shape index (κ2) is 6.14. The van der Waals surface area contributed by atoms with Gasteiger partial charge >= 0.3 is 5.97 Å². The van der Waals surface area contributed by atoms with Gasteiger partial charge < -0.3 is 18.9 Å². The minimum atomic E-state index is -0.399. The van der Waals surface area contributed by atoms with Crippen molar-refractivity contribution in [2.24, 2.45) is 0 Å². The smallest absolute Gasteiger partial charge is 0.312 e. The molecular formula is C13H18O5. The predicted octanol–water partition coefficient (Wildman–Crippen LogP) is 1.99. The Kier molecular flexibility index (Phi) is 4.83. The third-order valence-electron chi connectivity index (χ3n) is 2.74. The first-order chi connectivity index (χ1) is 8.58. The molecule has 1 aromatic rings. The van der Waals surface area contributed by atoms with Gasteiger partial charge in [-0.3, -0.25) is 4.79 Å². The van der Waals surface area contributed by atoms with Crippen LogP contribution in [0.5, 0.6) is 17.2 Å². The van der Waals surface area contributed by atoms with E-state index in [0.29, 0.717) is 17.2 Å². The highest BCUT2D eigenvalue weighted by molar-refractivity contribution is 5.78. The first-order valence-corrected chi connectivity index (χ1v) is 5.46. The molecule has 1 aromatic carbocycles. The van der Waals surface area contributed by atoms with E-state index in [9.17, 15) is 4.79 Å². The Morgan fingerprint density at radius 1 is 1.00 bits per heavy atom. The minimum absolute atomic E-state index is 0.315. The molecule has 1 rings (SSSR count). The van der Waals surface area contributed by atoms with Crippen LogP contribution < -0.4 is 14.2 Å². The van der Waals surface area contributed by atoms with Crippen molar-refractivity contribution < 1.29 is 23.7 Å². The van der Waals surface area contributed by atoms with E-state index in [1.54, 1.807) is 19.1 Å². The van der Waals surface area contributed by atoms with Crippen LogP contribution in [0.2, 0.25) is 0 Å². The van der Waals surface area contributed by atoms with Gasteiger partial charge in [-0.05, 0) is 24.6 Å². The first-order valence-electron chi connectivity index (χ1n) is 5.46. The standard InChI is InChI=1S/C13H18O5/c1-8(13(14)18-5)9-6-10(15-2)12(17-4)11(7-9)16-3/h6-8H,1-5H3. The zero-order chi connectivity index (χ0) is 13.7. The first kappa shape index (κ1) is 14.2. The molecule has 0 spiro atoms. The average molecular weight is 254 g/mol. The van der Waals surface area contributed by atoms with Crippen LogP contribution in [0.25, 0.3) is 0 Å². The van der Waals surface area contributed by atoms with Crippen molar-refractivity contribution in [1.29, 1.82) is 0 Å². The van der Waals surface area contributed by atoms with Crippen molar-refractivity contribution in [3.8, 4) is 17.2 Å². The van der Waals surface area contributed by atoms with E-state index in [1.807, 2.05) is 0 Å². The largest absolute Gasteiger partial charge is 0.493 e. The predicted molar refractivity (Wildman–Crippen MR) is 66.5 cm³/mol. The molecule has 0 saturated heterocycles. The van der Waals surface area contributed by atoms with Crippen molar-refractivity contribution >= 4 is 5.97 Å². The molecule has 0 radical (unpaired) electrons. The van der Waals surface area contributed by atoms with Crippen LogP contribution in [0.4, 0.5) is 0 Å². The molecule has 0 aliphatic heterocycles. The lowest BCUT2D eigenvalue weighted by atomic mass is 10.0. The molecule has 0 aliphatic carbocycles. The molecule has 0 saturated carbocycles. The van der Waals surface area contributed by atoms with Crippen LogP contribution in [0.1, 0.15) is 18.4 Å². The average Bonchev–Trinajstić information content (AvgIpc) is 2.43. The molecule has 18 heavy (non-hydrogen) atoms. The number of esters is 1. The molecule has 0 fully saturated rings. The fourth-order valence-corrected chi connectivity index (χ4v) is 1.66. The van der Waals surface area contributed by atoms with E-state index in [2.05, 4.69) is 0 Å². The summed E-state index contributed by atoms with van der Waals surface area (Å²) >= 11 is 0. The molecule has 0 aliphatic rings. The van der Waals surface area contributed by atoms with E-state index in [0.717, 1.165) is 5.56 Å². The normalized spacial score (nSPS) is 11.6. The second-order valence-electron chi connectivity index (χ2n) is 3.70. The molecule has 0 amide bonds. The highest BCUT2D eigenvalue weighted by Gasteiger charge is 2.21. The summed E-state index contributed by atoms with van der Waals surface area (Å²) in [6.07, 6.45) is 0. The van der Waals surface area contributed by atoms with Gasteiger partial charge in [-0.25, -0.2) is 0 Å². The van der Waals surface area contributed by atoms with Crippen molar-refractivity contribution in [3.63, 3.8) is 0 Å². The number of ether oxygens (including phenoxy) is 4. The third kappa shape index (κ3) is 2.67. The van der Waals surface area contributed by atoms with Crippen molar-refractivity contribution in [1.82, 2.24) is 0 Å². The zero-order valence-corrected chi connectivity index (χ0v) is 11.3. The van der Waals surface area contributed by atoms with Gasteiger partial charge in [0.15, 0.2) is 11.5 Å². The van der Waals surface area contributed by atoms with Crippen LogP contribution in [0.15, 0.2) is 12.1 Å². The zero-order valence-electron chi connectivity index (χ0n) is 11.3. The van der Waals surface area contributed by atoms with E-state index in [1.165, 1.54) is 28.4 Å². The summed E-state index contributed by atoms with van der Waals surface area (Å²) in [6, 6.07) is 3.48. The van der Waals surface area contributed by atoms with Crippen molar-refractivity contribution in [2.75, 3.05) is 28.4 Å². The van der Waals surface area contributed by atoms with E-state index in [4.69, 9.17) is 18.9 Å². The van der Waals surface area contributed by atoms with Gasteiger partial charge in [0.05, 0.1) is 34.4 Å². The summed E-state index contributed by atoms with van der Waals surface area (Å²) in [5, 5.41) is 0. The summed E-state index contributed by atoms with van der Waals surface area (Å²) in [4.78, 5) is 11.5. The number of rotatable bonds is 5. The summed E-state index contributed by atoms with van der Waals surface area (Å²) in [7, 11) is 5.95. The van der Waals surface area contributed by atoms with Gasteiger partial charge in [-0.15, -0.1) is 0 Å². The number of hydrogen-bond acceptors (Lipinski definition) is 5. The van der Waals surface area contributed by atoms with Gasteiger partial charge in [0, 0.05) is 0 Å². The van der Waals surface area contributed by atoms with Crippen LogP contribution in [-0.2, 0) is 9.53 Å². The Hall–Kier alpha value is -1.91. The maximum absolute atomic E-state index is 11.5. The number of methoxy groups -OCH3 is 4. The quantitative estimate of drug-likeness (QED) is 0.752.